The van der Waals surface area contributed by atoms with Gasteiger partial charge in [0.15, 0.2) is 12.4 Å². The number of unbranched alkanes of at least 4 members (excludes halogenated alkanes) is 28. The van der Waals surface area contributed by atoms with Crippen molar-refractivity contribution in [2.24, 2.45) is 0 Å². The third-order valence-electron chi connectivity index (χ3n) is 14.1. The van der Waals surface area contributed by atoms with E-state index in [1.54, 1.807) is 6.08 Å². The summed E-state index contributed by atoms with van der Waals surface area (Å²) in [6, 6.07) is -1.03. The highest BCUT2D eigenvalue weighted by molar-refractivity contribution is 5.80. The van der Waals surface area contributed by atoms with Gasteiger partial charge in [-0.05, 0) is 77.0 Å². The van der Waals surface area contributed by atoms with Crippen LogP contribution in [0, 0.1) is 0 Å². The van der Waals surface area contributed by atoms with Crippen LogP contribution in [0.3, 0.4) is 0 Å². The average Bonchev–Trinajstić information content (AvgIpc) is 3.42. The molecule has 8 unspecified atom stereocenters. The normalized spacial score (nSPS) is 19.7. The predicted molar refractivity (Wildman–Crippen MR) is 315 cm³/mol. The molecule has 1 aliphatic rings. The van der Waals surface area contributed by atoms with Crippen molar-refractivity contribution in [2.75, 3.05) is 13.2 Å². The van der Waals surface area contributed by atoms with Crippen molar-refractivity contribution in [1.29, 1.82) is 0 Å². The van der Waals surface area contributed by atoms with Gasteiger partial charge in [-0.1, -0.05) is 254 Å². The maximum absolute atomic E-state index is 13.4. The summed E-state index contributed by atoms with van der Waals surface area (Å²) in [5, 5.41) is 57.0. The summed E-state index contributed by atoms with van der Waals surface area (Å²) in [4.78, 5) is 26.5. The molecular weight excluding hydrogens is 955 g/mol. The number of aliphatic hydroxyl groups excluding tert-OH is 5. The van der Waals surface area contributed by atoms with Gasteiger partial charge in [0, 0.05) is 6.42 Å². The second kappa shape index (κ2) is 52.5. The first-order chi connectivity index (χ1) is 37.2. The molecule has 0 bridgehead atoms. The lowest BCUT2D eigenvalue weighted by atomic mass is 9.99. The molecule has 0 aromatic rings. The lowest BCUT2D eigenvalue weighted by Crippen LogP contribution is -2.61. The topological polar surface area (TPSA) is 175 Å². The van der Waals surface area contributed by atoms with E-state index in [4.69, 9.17) is 14.2 Å². The number of rotatable bonds is 51. The first-order valence-electron chi connectivity index (χ1n) is 30.9. The minimum atomic E-state index is -1.63. The quantitative estimate of drug-likeness (QED) is 0.0149. The van der Waals surface area contributed by atoms with Gasteiger partial charge < -0.3 is 45.1 Å². The van der Waals surface area contributed by atoms with Gasteiger partial charge >= 0.3 is 5.97 Å². The van der Waals surface area contributed by atoms with Crippen LogP contribution in [-0.2, 0) is 23.8 Å². The average molecular weight is 1070 g/mol. The third-order valence-corrected chi connectivity index (χ3v) is 14.1. The summed E-state index contributed by atoms with van der Waals surface area (Å²) in [5.74, 6) is -1.22. The Labute approximate surface area is 463 Å². The van der Waals surface area contributed by atoms with Crippen LogP contribution in [0.4, 0.5) is 0 Å². The Balaban J connectivity index is 2.69. The van der Waals surface area contributed by atoms with Crippen LogP contribution < -0.4 is 5.32 Å². The molecule has 11 nitrogen and oxygen atoms in total. The van der Waals surface area contributed by atoms with E-state index in [0.29, 0.717) is 12.8 Å². The lowest BCUT2D eigenvalue weighted by Gasteiger charge is -2.41. The van der Waals surface area contributed by atoms with E-state index in [9.17, 15) is 35.1 Å². The van der Waals surface area contributed by atoms with Crippen LogP contribution in [0.2, 0.25) is 0 Å². The number of carbonyl (C=O) groups is 2. The first-order valence-corrected chi connectivity index (χ1v) is 30.9. The summed E-state index contributed by atoms with van der Waals surface area (Å²) < 4.78 is 17.6. The molecule has 1 amide bonds. The number of hydrogen-bond donors (Lipinski definition) is 6. The molecule has 0 radical (unpaired) electrons. The van der Waals surface area contributed by atoms with Crippen LogP contribution in [0.25, 0.3) is 0 Å². The minimum Gasteiger partial charge on any atom is -0.454 e. The molecule has 0 spiro atoms. The molecule has 438 valence electrons. The fraction of sp³-hybridized carbons (Fsp3) is 0.754. The van der Waals surface area contributed by atoms with Gasteiger partial charge in [-0.25, -0.2) is 0 Å². The number of nitrogens with one attached hydrogen (secondary N) is 1. The molecular formula is C65H113NO10. The Bertz CT molecular complexity index is 1560. The van der Waals surface area contributed by atoms with E-state index in [0.717, 1.165) is 89.9 Å². The van der Waals surface area contributed by atoms with Gasteiger partial charge in [-0.3, -0.25) is 9.59 Å². The molecule has 0 aromatic carbocycles. The Morgan fingerprint density at radius 3 is 1.55 bits per heavy atom. The lowest BCUT2D eigenvalue weighted by molar-refractivity contribution is -0.305. The van der Waals surface area contributed by atoms with E-state index >= 15 is 0 Å². The highest BCUT2D eigenvalue weighted by Gasteiger charge is 2.47. The smallest absolute Gasteiger partial charge is 0.306 e. The molecule has 1 aliphatic heterocycles. The van der Waals surface area contributed by atoms with Crippen LogP contribution in [0.15, 0.2) is 85.1 Å². The summed E-state index contributed by atoms with van der Waals surface area (Å²) in [7, 11) is 0. The van der Waals surface area contributed by atoms with Gasteiger partial charge in [-0.2, -0.15) is 0 Å². The second-order valence-electron chi connectivity index (χ2n) is 21.1. The first kappa shape index (κ1) is 70.9. The molecule has 6 N–H and O–H groups in total. The zero-order chi connectivity index (χ0) is 55.4. The summed E-state index contributed by atoms with van der Waals surface area (Å²) in [6.07, 6.45) is 57.6. The van der Waals surface area contributed by atoms with Crippen molar-refractivity contribution >= 4 is 11.9 Å². The fourth-order valence-electron chi connectivity index (χ4n) is 9.22. The van der Waals surface area contributed by atoms with Crippen LogP contribution >= 0.6 is 0 Å². The number of carbonyl (C=O) groups excluding carboxylic acids is 2. The number of hydrogen-bond acceptors (Lipinski definition) is 10. The van der Waals surface area contributed by atoms with Crippen molar-refractivity contribution < 1.29 is 49.3 Å². The van der Waals surface area contributed by atoms with Crippen LogP contribution in [-0.4, -0.2) is 99.6 Å². The SMILES string of the molecule is CC/C=C/C=C/C=C/C=C\CCCCCCCC(=O)OC1C(OCC(NC(=O)C(O)CCCCCCCCCCCC/C=C\C/C=C\CCCCC)C(O)/C=C/CCCCCCCCCCCC)OC(CO)C(O)C1O. The van der Waals surface area contributed by atoms with E-state index in [1.807, 2.05) is 42.5 Å². The monoisotopic (exact) mass is 1070 g/mol. The molecule has 8 atom stereocenters. The minimum absolute atomic E-state index is 0.0940. The molecule has 0 aromatic heterocycles. The molecule has 1 heterocycles. The Hall–Kier alpha value is -3.16. The van der Waals surface area contributed by atoms with E-state index in [-0.39, 0.29) is 19.4 Å². The molecule has 0 saturated carbocycles. The van der Waals surface area contributed by atoms with Gasteiger partial charge in [0.1, 0.15) is 24.4 Å². The van der Waals surface area contributed by atoms with Crippen molar-refractivity contribution in [1.82, 2.24) is 5.32 Å². The number of allylic oxidation sites excluding steroid dienone is 13. The van der Waals surface area contributed by atoms with Gasteiger partial charge in [0.2, 0.25) is 5.91 Å². The van der Waals surface area contributed by atoms with Gasteiger partial charge in [0.25, 0.3) is 0 Å². The van der Waals surface area contributed by atoms with Gasteiger partial charge in [-0.15, -0.1) is 0 Å². The number of aliphatic hydroxyl groups is 5. The number of ether oxygens (including phenoxy) is 3. The third kappa shape index (κ3) is 40.1. The molecule has 11 heteroatoms. The molecule has 1 rings (SSSR count). The van der Waals surface area contributed by atoms with E-state index in [2.05, 4.69) is 62.5 Å². The molecule has 1 saturated heterocycles. The largest absolute Gasteiger partial charge is 0.454 e. The van der Waals surface area contributed by atoms with Crippen molar-refractivity contribution in [3.63, 3.8) is 0 Å². The molecule has 0 aliphatic carbocycles. The second-order valence-corrected chi connectivity index (χ2v) is 21.1. The summed E-state index contributed by atoms with van der Waals surface area (Å²) in [5.41, 5.74) is 0. The van der Waals surface area contributed by atoms with Crippen molar-refractivity contribution in [2.45, 2.75) is 301 Å². The van der Waals surface area contributed by atoms with Crippen molar-refractivity contribution in [3.05, 3.63) is 85.1 Å². The highest BCUT2D eigenvalue weighted by atomic mass is 16.7. The number of esters is 1. The standard InChI is InChI=1S/C65H113NO10/c1-4-7-10-13-16-19-22-25-27-28-29-30-31-33-34-37-40-43-46-49-52-58(69)64(73)66-56(57(68)51-48-45-42-39-36-24-21-18-15-12-9-6-3)55-74-65-63(62(72)61(71)59(54-67)75-65)76-60(70)53-50-47-44-41-38-35-32-26-23-20-17-14-11-8-5-2/h8,11,14,16-17,19-20,23,25-27,32,48,51,56-59,61-63,65,67-69,71-72H,4-7,9-10,12-13,15,18,21-22,24,28-31,33-47,49-50,52-55H2,1-3H3,(H,66,73)/b11-8+,17-14+,19-16-,23-20+,27-25-,32-26-,51-48+. The van der Waals surface area contributed by atoms with Crippen LogP contribution in [0.5, 0.6) is 0 Å². The maximum atomic E-state index is 13.4. The predicted octanol–water partition coefficient (Wildman–Crippen LogP) is 14.6. The fourth-order valence-corrected chi connectivity index (χ4v) is 9.22. The Morgan fingerprint density at radius 2 is 1.00 bits per heavy atom. The highest BCUT2D eigenvalue weighted by Crippen LogP contribution is 2.26. The zero-order valence-corrected chi connectivity index (χ0v) is 48.3. The maximum Gasteiger partial charge on any atom is 0.306 e. The van der Waals surface area contributed by atoms with E-state index < -0.39 is 67.4 Å². The molecule has 76 heavy (non-hydrogen) atoms. The number of amides is 1. The summed E-state index contributed by atoms with van der Waals surface area (Å²) in [6.45, 7) is 5.61. The van der Waals surface area contributed by atoms with E-state index in [1.165, 1.54) is 116 Å². The van der Waals surface area contributed by atoms with Crippen molar-refractivity contribution in [3.8, 4) is 0 Å². The zero-order valence-electron chi connectivity index (χ0n) is 48.3. The van der Waals surface area contributed by atoms with Gasteiger partial charge in [0.05, 0.1) is 25.4 Å². The van der Waals surface area contributed by atoms with Crippen LogP contribution in [0.1, 0.15) is 252 Å². The molecule has 1 fully saturated rings. The summed E-state index contributed by atoms with van der Waals surface area (Å²) >= 11 is 0. The Morgan fingerprint density at radius 1 is 0.539 bits per heavy atom. The Kier molecular flexibility index (Phi) is 49.0.